The van der Waals surface area contributed by atoms with Crippen LogP contribution in [-0.2, 0) is 4.79 Å². The summed E-state index contributed by atoms with van der Waals surface area (Å²) in [7, 11) is 0. The fourth-order valence-electron chi connectivity index (χ4n) is 4.24. The van der Waals surface area contributed by atoms with Crippen molar-refractivity contribution in [3.8, 4) is 0 Å². The molecule has 0 aromatic heterocycles. The Labute approximate surface area is 110 Å². The van der Waals surface area contributed by atoms with Gasteiger partial charge in [0.2, 0.25) is 5.91 Å². The van der Waals surface area contributed by atoms with E-state index in [1.165, 1.54) is 57.8 Å². The second-order valence-corrected chi connectivity index (χ2v) is 6.56. The first kappa shape index (κ1) is 12.5. The quantitative estimate of drug-likeness (QED) is 0.803. The van der Waals surface area contributed by atoms with Crippen molar-refractivity contribution in [2.45, 2.75) is 69.9 Å². The summed E-state index contributed by atoms with van der Waals surface area (Å²) in [5.41, 5.74) is 0. The molecular weight excluding hydrogens is 224 g/mol. The first-order chi connectivity index (χ1) is 8.81. The molecule has 0 aliphatic heterocycles. The molecule has 3 aliphatic rings. The Morgan fingerprint density at radius 3 is 2.50 bits per heavy atom. The molecule has 2 N–H and O–H groups in total. The molecule has 3 unspecified atom stereocenters. The molecule has 18 heavy (non-hydrogen) atoms. The van der Waals surface area contributed by atoms with Gasteiger partial charge in [-0.05, 0) is 43.9 Å². The number of rotatable bonds is 4. The van der Waals surface area contributed by atoms with Crippen LogP contribution in [0.5, 0.6) is 0 Å². The zero-order chi connectivity index (χ0) is 12.4. The number of carbonyl (C=O) groups is 1. The summed E-state index contributed by atoms with van der Waals surface area (Å²) < 4.78 is 0. The molecule has 3 heteroatoms. The highest BCUT2D eigenvalue weighted by Gasteiger charge is 2.39. The summed E-state index contributed by atoms with van der Waals surface area (Å²) in [5.74, 6) is 2.02. The second-order valence-electron chi connectivity index (χ2n) is 6.56. The monoisotopic (exact) mass is 250 g/mol. The molecule has 0 aromatic rings. The molecule has 1 amide bonds. The zero-order valence-corrected chi connectivity index (χ0v) is 11.3. The lowest BCUT2D eigenvalue weighted by atomic mass is 9.95. The molecule has 3 aliphatic carbocycles. The average molecular weight is 250 g/mol. The van der Waals surface area contributed by atoms with Gasteiger partial charge in [-0.2, -0.15) is 0 Å². The van der Waals surface area contributed by atoms with E-state index < -0.39 is 0 Å². The lowest BCUT2D eigenvalue weighted by molar-refractivity contribution is -0.121. The van der Waals surface area contributed by atoms with Crippen molar-refractivity contribution < 1.29 is 4.79 Å². The molecule has 102 valence electrons. The Balaban J connectivity index is 1.36. The van der Waals surface area contributed by atoms with E-state index in [-0.39, 0.29) is 5.91 Å². The SMILES string of the molecule is O=C(CNC1CC2CCC1C2)NC1CCCCC1. The first-order valence-corrected chi connectivity index (χ1v) is 7.84. The van der Waals surface area contributed by atoms with E-state index >= 15 is 0 Å². The lowest BCUT2D eigenvalue weighted by Crippen LogP contribution is -2.45. The normalized spacial score (nSPS) is 35.9. The van der Waals surface area contributed by atoms with E-state index in [4.69, 9.17) is 0 Å². The van der Waals surface area contributed by atoms with Gasteiger partial charge in [-0.25, -0.2) is 0 Å². The van der Waals surface area contributed by atoms with Gasteiger partial charge in [0.05, 0.1) is 6.54 Å². The second kappa shape index (κ2) is 5.60. The molecule has 3 saturated carbocycles. The summed E-state index contributed by atoms with van der Waals surface area (Å²) in [6.07, 6.45) is 11.8. The number of hydrogen-bond donors (Lipinski definition) is 2. The van der Waals surface area contributed by atoms with Gasteiger partial charge in [-0.15, -0.1) is 0 Å². The van der Waals surface area contributed by atoms with E-state index in [1.807, 2.05) is 0 Å². The molecule has 3 nitrogen and oxygen atoms in total. The number of carbonyl (C=O) groups excluding carboxylic acids is 1. The van der Waals surface area contributed by atoms with Gasteiger partial charge >= 0.3 is 0 Å². The third kappa shape index (κ3) is 2.87. The third-order valence-corrected chi connectivity index (χ3v) is 5.23. The van der Waals surface area contributed by atoms with Gasteiger partial charge in [-0.3, -0.25) is 4.79 Å². The highest BCUT2D eigenvalue weighted by Crippen LogP contribution is 2.44. The fraction of sp³-hybridized carbons (Fsp3) is 0.933. The maximum atomic E-state index is 11.9. The molecule has 0 heterocycles. The molecular formula is C15H26N2O. The minimum atomic E-state index is 0.213. The average Bonchev–Trinajstić information content (AvgIpc) is 3.00. The molecule has 3 rings (SSSR count). The lowest BCUT2D eigenvalue weighted by Gasteiger charge is -2.25. The van der Waals surface area contributed by atoms with Gasteiger partial charge in [0, 0.05) is 12.1 Å². The number of amides is 1. The van der Waals surface area contributed by atoms with Crippen LogP contribution in [0.25, 0.3) is 0 Å². The standard InChI is InChI=1S/C15H26N2O/c18-15(17-13-4-2-1-3-5-13)10-16-14-9-11-6-7-12(14)8-11/h11-14,16H,1-10H2,(H,17,18). The van der Waals surface area contributed by atoms with Gasteiger partial charge in [-0.1, -0.05) is 25.7 Å². The van der Waals surface area contributed by atoms with E-state index in [2.05, 4.69) is 10.6 Å². The Bertz CT molecular complexity index is 299. The molecule has 0 radical (unpaired) electrons. The molecule has 3 atom stereocenters. The van der Waals surface area contributed by atoms with Crippen molar-refractivity contribution in [1.82, 2.24) is 10.6 Å². The van der Waals surface area contributed by atoms with Gasteiger partial charge < -0.3 is 10.6 Å². The van der Waals surface area contributed by atoms with E-state index in [9.17, 15) is 4.79 Å². The number of fused-ring (bicyclic) bond motifs is 2. The van der Waals surface area contributed by atoms with E-state index in [1.54, 1.807) is 0 Å². The third-order valence-electron chi connectivity index (χ3n) is 5.23. The Morgan fingerprint density at radius 1 is 1.00 bits per heavy atom. The fourth-order valence-corrected chi connectivity index (χ4v) is 4.24. The molecule has 3 fully saturated rings. The van der Waals surface area contributed by atoms with Crippen molar-refractivity contribution in [3.63, 3.8) is 0 Å². The minimum absolute atomic E-state index is 0.213. The summed E-state index contributed by atoms with van der Waals surface area (Å²) in [5, 5.41) is 6.68. The van der Waals surface area contributed by atoms with Crippen LogP contribution in [0.4, 0.5) is 0 Å². The predicted octanol–water partition coefficient (Wildman–Crippen LogP) is 2.21. The van der Waals surface area contributed by atoms with Crippen LogP contribution in [0.15, 0.2) is 0 Å². The summed E-state index contributed by atoms with van der Waals surface area (Å²) in [4.78, 5) is 11.9. The summed E-state index contributed by atoms with van der Waals surface area (Å²) in [6.45, 7) is 0.532. The van der Waals surface area contributed by atoms with Crippen molar-refractivity contribution >= 4 is 5.91 Å². The van der Waals surface area contributed by atoms with Gasteiger partial charge in [0.25, 0.3) is 0 Å². The maximum Gasteiger partial charge on any atom is 0.234 e. The predicted molar refractivity (Wildman–Crippen MR) is 72.3 cm³/mol. The smallest absolute Gasteiger partial charge is 0.234 e. The Kier molecular flexibility index (Phi) is 3.88. The molecule has 0 saturated heterocycles. The minimum Gasteiger partial charge on any atom is -0.352 e. The number of hydrogen-bond acceptors (Lipinski definition) is 2. The molecule has 0 spiro atoms. The largest absolute Gasteiger partial charge is 0.352 e. The highest BCUT2D eigenvalue weighted by molar-refractivity contribution is 5.78. The first-order valence-electron chi connectivity index (χ1n) is 7.84. The van der Waals surface area contributed by atoms with Crippen LogP contribution in [-0.4, -0.2) is 24.5 Å². The van der Waals surface area contributed by atoms with Crippen LogP contribution in [0.3, 0.4) is 0 Å². The van der Waals surface area contributed by atoms with Crippen molar-refractivity contribution in [1.29, 1.82) is 0 Å². The van der Waals surface area contributed by atoms with Crippen molar-refractivity contribution in [2.24, 2.45) is 11.8 Å². The Morgan fingerprint density at radius 2 is 1.83 bits per heavy atom. The Hall–Kier alpha value is -0.570. The van der Waals surface area contributed by atoms with Crippen LogP contribution in [0.2, 0.25) is 0 Å². The summed E-state index contributed by atoms with van der Waals surface area (Å²) >= 11 is 0. The van der Waals surface area contributed by atoms with E-state index in [0.717, 1.165) is 11.8 Å². The van der Waals surface area contributed by atoms with E-state index in [0.29, 0.717) is 18.6 Å². The molecule has 0 aromatic carbocycles. The highest BCUT2D eigenvalue weighted by atomic mass is 16.1. The van der Waals surface area contributed by atoms with Crippen molar-refractivity contribution in [2.75, 3.05) is 6.54 Å². The van der Waals surface area contributed by atoms with Crippen LogP contribution >= 0.6 is 0 Å². The topological polar surface area (TPSA) is 41.1 Å². The van der Waals surface area contributed by atoms with Crippen LogP contribution in [0, 0.1) is 11.8 Å². The zero-order valence-electron chi connectivity index (χ0n) is 11.3. The van der Waals surface area contributed by atoms with Gasteiger partial charge in [0.15, 0.2) is 0 Å². The van der Waals surface area contributed by atoms with Crippen molar-refractivity contribution in [3.05, 3.63) is 0 Å². The summed E-state index contributed by atoms with van der Waals surface area (Å²) in [6, 6.07) is 1.08. The van der Waals surface area contributed by atoms with Crippen LogP contribution in [0.1, 0.15) is 57.8 Å². The molecule has 2 bridgehead atoms. The van der Waals surface area contributed by atoms with Gasteiger partial charge in [0.1, 0.15) is 0 Å². The van der Waals surface area contributed by atoms with Crippen LogP contribution < -0.4 is 10.6 Å². The maximum absolute atomic E-state index is 11.9. The number of nitrogens with one attached hydrogen (secondary N) is 2.